The van der Waals surface area contributed by atoms with Gasteiger partial charge in [-0.25, -0.2) is 9.78 Å². The number of pyridine rings is 1. The van der Waals surface area contributed by atoms with Crippen LogP contribution in [-0.2, 0) is 24.1 Å². The first-order valence-electron chi connectivity index (χ1n) is 9.85. The van der Waals surface area contributed by atoms with Gasteiger partial charge >= 0.3 is 12.1 Å². The highest BCUT2D eigenvalue weighted by molar-refractivity contribution is 7.17. The molecule has 0 spiro atoms. The maximum atomic E-state index is 11.4. The van der Waals surface area contributed by atoms with Crippen LogP contribution < -0.4 is 9.64 Å². The van der Waals surface area contributed by atoms with Crippen LogP contribution in [0.1, 0.15) is 29.7 Å². The molecule has 7 nitrogen and oxygen atoms in total. The minimum Gasteiger partial charge on any atom is -0.493 e. The van der Waals surface area contributed by atoms with Gasteiger partial charge in [-0.2, -0.15) is 0 Å². The van der Waals surface area contributed by atoms with Crippen LogP contribution in [0.15, 0.2) is 35.7 Å². The number of carboxylic acid groups (broad SMARTS) is 2. The summed E-state index contributed by atoms with van der Waals surface area (Å²) in [5, 5.41) is 21.3. The number of ether oxygens (including phenoxy) is 1. The number of hydrogen-bond donors (Lipinski definition) is 2. The number of aliphatic carboxylic acids is 1. The highest BCUT2D eigenvalue weighted by Gasteiger charge is 2.23. The van der Waals surface area contributed by atoms with Crippen molar-refractivity contribution in [3.8, 4) is 5.75 Å². The van der Waals surface area contributed by atoms with E-state index in [0.29, 0.717) is 31.8 Å². The van der Waals surface area contributed by atoms with Gasteiger partial charge in [0.05, 0.1) is 6.61 Å². The van der Waals surface area contributed by atoms with E-state index in [4.69, 9.17) is 9.84 Å². The quantitative estimate of drug-likeness (QED) is 0.582. The molecule has 3 aromatic rings. The van der Waals surface area contributed by atoms with Crippen LogP contribution in [0.2, 0.25) is 0 Å². The van der Waals surface area contributed by atoms with Gasteiger partial charge in [0.1, 0.15) is 11.6 Å². The number of carboxylic acids is 1. The number of amides is 1. The molecule has 2 aromatic heterocycles. The van der Waals surface area contributed by atoms with Gasteiger partial charge in [-0.3, -0.25) is 9.69 Å². The molecule has 1 amide bonds. The third-order valence-electron chi connectivity index (χ3n) is 5.19. The van der Waals surface area contributed by atoms with E-state index in [2.05, 4.69) is 4.98 Å². The molecule has 0 radical (unpaired) electrons. The second-order valence-corrected chi connectivity index (χ2v) is 8.15. The number of fused-ring (bicyclic) bond motifs is 2. The van der Waals surface area contributed by atoms with E-state index in [1.165, 1.54) is 4.90 Å². The molecule has 30 heavy (non-hydrogen) atoms. The Bertz CT molecular complexity index is 1090. The Kier molecular flexibility index (Phi) is 5.85. The third-order valence-corrected chi connectivity index (χ3v) is 6.18. The van der Waals surface area contributed by atoms with Crippen molar-refractivity contribution in [1.82, 2.24) is 4.98 Å². The molecule has 0 unspecified atom stereocenters. The van der Waals surface area contributed by atoms with Gasteiger partial charge in [-0.05, 0) is 65.4 Å². The van der Waals surface area contributed by atoms with E-state index in [-0.39, 0.29) is 6.42 Å². The Labute approximate surface area is 177 Å². The number of aromatic nitrogens is 1. The first kappa shape index (κ1) is 20.2. The maximum absolute atomic E-state index is 11.4. The molecule has 3 heterocycles. The SMILES string of the molecule is O=C(O)CCc1csc2cc(OCCc3ccc4c(n3)N(C(=O)O)CCC4)ccc12. The van der Waals surface area contributed by atoms with Crippen LogP contribution in [0.4, 0.5) is 10.6 Å². The highest BCUT2D eigenvalue weighted by Crippen LogP contribution is 2.30. The molecule has 0 saturated heterocycles. The van der Waals surface area contributed by atoms with Crippen LogP contribution in [0, 0.1) is 0 Å². The average molecular weight is 426 g/mol. The van der Waals surface area contributed by atoms with Gasteiger partial charge in [0.15, 0.2) is 0 Å². The van der Waals surface area contributed by atoms with E-state index in [1.807, 2.05) is 35.7 Å². The third kappa shape index (κ3) is 4.38. The van der Waals surface area contributed by atoms with Crippen LogP contribution in [-0.4, -0.2) is 40.4 Å². The van der Waals surface area contributed by atoms with Crippen molar-refractivity contribution in [3.05, 3.63) is 52.5 Å². The van der Waals surface area contributed by atoms with E-state index in [1.54, 1.807) is 11.3 Å². The van der Waals surface area contributed by atoms with Crippen LogP contribution in [0.25, 0.3) is 10.1 Å². The summed E-state index contributed by atoms with van der Waals surface area (Å²) in [6, 6.07) is 9.73. The number of rotatable bonds is 7. The van der Waals surface area contributed by atoms with Crippen LogP contribution in [0.5, 0.6) is 5.75 Å². The minimum atomic E-state index is -0.969. The molecule has 156 valence electrons. The van der Waals surface area contributed by atoms with Gasteiger partial charge in [0.2, 0.25) is 0 Å². The zero-order valence-corrected chi connectivity index (χ0v) is 17.2. The number of carbonyl (C=O) groups is 2. The van der Waals surface area contributed by atoms with Crippen molar-refractivity contribution < 1.29 is 24.5 Å². The predicted molar refractivity (Wildman–Crippen MR) is 115 cm³/mol. The summed E-state index contributed by atoms with van der Waals surface area (Å²) >= 11 is 1.58. The Morgan fingerprint density at radius 2 is 2.03 bits per heavy atom. The lowest BCUT2D eigenvalue weighted by atomic mass is 10.1. The lowest BCUT2D eigenvalue weighted by molar-refractivity contribution is -0.136. The predicted octanol–water partition coefficient (Wildman–Crippen LogP) is 4.37. The van der Waals surface area contributed by atoms with Crippen molar-refractivity contribution in [2.24, 2.45) is 0 Å². The molecule has 2 N–H and O–H groups in total. The molecule has 0 bridgehead atoms. The number of hydrogen-bond acceptors (Lipinski definition) is 5. The Hall–Kier alpha value is -3.13. The van der Waals surface area contributed by atoms with E-state index < -0.39 is 12.1 Å². The summed E-state index contributed by atoms with van der Waals surface area (Å²) in [6.45, 7) is 0.909. The number of aryl methyl sites for hydroxylation is 2. The highest BCUT2D eigenvalue weighted by atomic mass is 32.1. The van der Waals surface area contributed by atoms with Crippen LogP contribution in [0.3, 0.4) is 0 Å². The molecular formula is C22H22N2O5S. The fourth-order valence-electron chi connectivity index (χ4n) is 3.67. The molecule has 1 aromatic carbocycles. The smallest absolute Gasteiger partial charge is 0.413 e. The number of thiophene rings is 1. The molecule has 1 aliphatic rings. The lowest BCUT2D eigenvalue weighted by Crippen LogP contribution is -2.35. The van der Waals surface area contributed by atoms with Crippen molar-refractivity contribution in [2.45, 2.75) is 32.1 Å². The first-order chi connectivity index (χ1) is 14.5. The topological polar surface area (TPSA) is 100.0 Å². The standard InChI is InChI=1S/C22H22N2O5S/c25-20(26)8-4-15-13-30-19-12-17(6-7-18(15)19)29-11-9-16-5-3-14-2-1-10-24(22(27)28)21(14)23-16/h3,5-7,12-13H,1-2,4,8-11H2,(H,25,26)(H,27,28). The molecule has 4 rings (SSSR count). The van der Waals surface area contributed by atoms with Crippen LogP contribution >= 0.6 is 11.3 Å². The summed E-state index contributed by atoms with van der Waals surface area (Å²) in [7, 11) is 0. The second kappa shape index (κ2) is 8.71. The van der Waals surface area contributed by atoms with Crippen molar-refractivity contribution >= 4 is 39.3 Å². The van der Waals surface area contributed by atoms with Gasteiger partial charge in [0, 0.05) is 29.8 Å². The van der Waals surface area contributed by atoms with Gasteiger partial charge in [0.25, 0.3) is 0 Å². The number of anilines is 1. The molecule has 0 fully saturated rings. The molecule has 0 atom stereocenters. The van der Waals surface area contributed by atoms with Crippen molar-refractivity contribution in [3.63, 3.8) is 0 Å². The zero-order chi connectivity index (χ0) is 21.1. The average Bonchev–Trinajstić information content (AvgIpc) is 3.14. The second-order valence-electron chi connectivity index (χ2n) is 7.23. The zero-order valence-electron chi connectivity index (χ0n) is 16.3. The number of nitrogens with zero attached hydrogens (tertiary/aromatic N) is 2. The molecule has 0 aliphatic carbocycles. The Balaban J connectivity index is 1.40. The molecule has 8 heteroatoms. The van der Waals surface area contributed by atoms with E-state index in [9.17, 15) is 14.7 Å². The van der Waals surface area contributed by atoms with Gasteiger partial charge in [-0.15, -0.1) is 11.3 Å². The number of benzene rings is 1. The Morgan fingerprint density at radius 3 is 2.83 bits per heavy atom. The Morgan fingerprint density at radius 1 is 1.17 bits per heavy atom. The van der Waals surface area contributed by atoms with Crippen molar-refractivity contribution in [2.75, 3.05) is 18.1 Å². The normalized spacial score (nSPS) is 13.3. The van der Waals surface area contributed by atoms with Gasteiger partial charge < -0.3 is 14.9 Å². The molecule has 0 saturated carbocycles. The molecular weight excluding hydrogens is 404 g/mol. The minimum absolute atomic E-state index is 0.122. The molecule has 1 aliphatic heterocycles. The summed E-state index contributed by atoms with van der Waals surface area (Å²) in [5.41, 5.74) is 2.82. The summed E-state index contributed by atoms with van der Waals surface area (Å²) < 4.78 is 6.95. The first-order valence-corrected chi connectivity index (χ1v) is 10.7. The lowest BCUT2D eigenvalue weighted by Gasteiger charge is -2.26. The van der Waals surface area contributed by atoms with E-state index in [0.717, 1.165) is 45.5 Å². The summed E-state index contributed by atoms with van der Waals surface area (Å²) in [4.78, 5) is 28.1. The fraction of sp³-hybridized carbons (Fsp3) is 0.318. The summed E-state index contributed by atoms with van der Waals surface area (Å²) in [6.07, 6.45) is 1.91. The van der Waals surface area contributed by atoms with Gasteiger partial charge in [-0.1, -0.05) is 6.07 Å². The maximum Gasteiger partial charge on any atom is 0.413 e. The summed E-state index contributed by atoms with van der Waals surface area (Å²) in [5.74, 6) is 0.496. The fourth-order valence-corrected chi connectivity index (χ4v) is 4.69. The largest absolute Gasteiger partial charge is 0.493 e. The monoisotopic (exact) mass is 426 g/mol. The van der Waals surface area contributed by atoms with E-state index >= 15 is 0 Å². The van der Waals surface area contributed by atoms with Crippen molar-refractivity contribution in [1.29, 1.82) is 0 Å².